The third-order valence-corrected chi connectivity index (χ3v) is 4.99. The number of rotatable bonds is 11. The minimum atomic E-state index is -0.605. The van der Waals surface area contributed by atoms with Crippen molar-refractivity contribution in [2.24, 2.45) is 5.92 Å². The molecule has 1 N–H and O–H groups in total. The fourth-order valence-corrected chi connectivity index (χ4v) is 3.19. The standard InChI is InChI=1S/C24H31ClN2O4/c1-5-22(24(29)26-14-17(2)3)27(15-18-7-6-8-21(13-18)30-4)23(28)16-31-20-11-9-19(25)10-12-20/h6-13,17,22H,5,14-16H2,1-4H3,(H,26,29)/t22-/m1/s1. The average molecular weight is 447 g/mol. The number of carbonyl (C=O) groups is 2. The van der Waals surface area contributed by atoms with Crippen LogP contribution in [0.2, 0.25) is 5.02 Å². The fourth-order valence-electron chi connectivity index (χ4n) is 3.07. The van der Waals surface area contributed by atoms with Gasteiger partial charge >= 0.3 is 0 Å². The van der Waals surface area contributed by atoms with Crippen molar-refractivity contribution < 1.29 is 19.1 Å². The Kier molecular flexibility index (Phi) is 9.66. The molecule has 0 bridgehead atoms. The third-order valence-electron chi connectivity index (χ3n) is 4.73. The number of carbonyl (C=O) groups excluding carboxylic acids is 2. The molecule has 1 atom stereocenters. The molecule has 0 unspecified atom stereocenters. The van der Waals surface area contributed by atoms with Crippen LogP contribution >= 0.6 is 11.6 Å². The number of amides is 2. The summed E-state index contributed by atoms with van der Waals surface area (Å²) in [5.41, 5.74) is 0.870. The first-order chi connectivity index (χ1) is 14.8. The number of halogens is 1. The molecule has 0 aliphatic heterocycles. The van der Waals surface area contributed by atoms with Gasteiger partial charge in [0.2, 0.25) is 5.91 Å². The van der Waals surface area contributed by atoms with Crippen molar-refractivity contribution in [3.63, 3.8) is 0 Å². The lowest BCUT2D eigenvalue weighted by molar-refractivity contribution is -0.143. The second-order valence-electron chi connectivity index (χ2n) is 7.68. The maximum absolute atomic E-state index is 13.1. The van der Waals surface area contributed by atoms with Crippen LogP contribution in [0.5, 0.6) is 11.5 Å². The molecule has 31 heavy (non-hydrogen) atoms. The van der Waals surface area contributed by atoms with E-state index in [2.05, 4.69) is 5.32 Å². The quantitative estimate of drug-likeness (QED) is 0.558. The molecule has 0 aromatic heterocycles. The van der Waals surface area contributed by atoms with Gasteiger partial charge in [0.05, 0.1) is 7.11 Å². The highest BCUT2D eigenvalue weighted by Crippen LogP contribution is 2.19. The van der Waals surface area contributed by atoms with E-state index in [-0.39, 0.29) is 25.0 Å². The zero-order valence-corrected chi connectivity index (χ0v) is 19.3. The first-order valence-corrected chi connectivity index (χ1v) is 10.8. The summed E-state index contributed by atoms with van der Waals surface area (Å²) in [7, 11) is 1.59. The Labute approximate surface area is 189 Å². The van der Waals surface area contributed by atoms with E-state index in [1.807, 2.05) is 45.0 Å². The van der Waals surface area contributed by atoms with E-state index in [0.717, 1.165) is 5.56 Å². The van der Waals surface area contributed by atoms with Crippen molar-refractivity contribution in [1.29, 1.82) is 0 Å². The largest absolute Gasteiger partial charge is 0.497 e. The summed E-state index contributed by atoms with van der Waals surface area (Å²) in [6.45, 7) is 6.59. The molecule has 2 amide bonds. The van der Waals surface area contributed by atoms with E-state index < -0.39 is 6.04 Å². The summed E-state index contributed by atoms with van der Waals surface area (Å²) >= 11 is 5.90. The third kappa shape index (κ3) is 7.79. The molecule has 0 heterocycles. The monoisotopic (exact) mass is 446 g/mol. The number of hydrogen-bond donors (Lipinski definition) is 1. The van der Waals surface area contributed by atoms with Gasteiger partial charge in [0.25, 0.3) is 5.91 Å². The molecule has 0 aliphatic carbocycles. The Morgan fingerprint density at radius 3 is 2.42 bits per heavy atom. The fraction of sp³-hybridized carbons (Fsp3) is 0.417. The first-order valence-electron chi connectivity index (χ1n) is 10.4. The van der Waals surface area contributed by atoms with Crippen LogP contribution in [-0.4, -0.2) is 43.0 Å². The lowest BCUT2D eigenvalue weighted by Gasteiger charge is -2.31. The van der Waals surface area contributed by atoms with Crippen molar-refractivity contribution in [3.8, 4) is 11.5 Å². The van der Waals surface area contributed by atoms with Gasteiger partial charge in [-0.3, -0.25) is 9.59 Å². The Morgan fingerprint density at radius 1 is 1.10 bits per heavy atom. The molecule has 2 rings (SSSR count). The van der Waals surface area contributed by atoms with Crippen molar-refractivity contribution in [1.82, 2.24) is 10.2 Å². The van der Waals surface area contributed by atoms with E-state index in [1.54, 1.807) is 36.3 Å². The van der Waals surface area contributed by atoms with Gasteiger partial charge in [-0.2, -0.15) is 0 Å². The summed E-state index contributed by atoms with van der Waals surface area (Å²) in [4.78, 5) is 27.6. The summed E-state index contributed by atoms with van der Waals surface area (Å²) < 4.78 is 10.9. The maximum atomic E-state index is 13.1. The van der Waals surface area contributed by atoms with Gasteiger partial charge in [-0.1, -0.05) is 44.5 Å². The zero-order valence-electron chi connectivity index (χ0n) is 18.6. The van der Waals surface area contributed by atoms with Gasteiger partial charge in [-0.05, 0) is 54.3 Å². The van der Waals surface area contributed by atoms with E-state index in [0.29, 0.717) is 35.4 Å². The number of ether oxygens (including phenoxy) is 2. The predicted molar refractivity (Wildman–Crippen MR) is 122 cm³/mol. The van der Waals surface area contributed by atoms with Crippen LogP contribution in [0, 0.1) is 5.92 Å². The van der Waals surface area contributed by atoms with Gasteiger partial charge in [0.15, 0.2) is 6.61 Å². The summed E-state index contributed by atoms with van der Waals surface area (Å²) in [5.74, 6) is 1.11. The number of nitrogens with zero attached hydrogens (tertiary/aromatic N) is 1. The summed E-state index contributed by atoms with van der Waals surface area (Å²) in [6.07, 6.45) is 0.487. The van der Waals surface area contributed by atoms with E-state index in [1.165, 1.54) is 0 Å². The van der Waals surface area contributed by atoms with Gasteiger partial charge in [0.1, 0.15) is 17.5 Å². The highest BCUT2D eigenvalue weighted by Gasteiger charge is 2.29. The number of methoxy groups -OCH3 is 1. The summed E-state index contributed by atoms with van der Waals surface area (Å²) in [6, 6.07) is 13.7. The normalized spacial score (nSPS) is 11.7. The van der Waals surface area contributed by atoms with Gasteiger partial charge in [-0.25, -0.2) is 0 Å². The highest BCUT2D eigenvalue weighted by atomic mass is 35.5. The minimum Gasteiger partial charge on any atom is -0.497 e. The summed E-state index contributed by atoms with van der Waals surface area (Å²) in [5, 5.41) is 3.53. The average Bonchev–Trinajstić information content (AvgIpc) is 2.77. The molecule has 2 aromatic carbocycles. The molecule has 6 nitrogen and oxygen atoms in total. The molecule has 0 spiro atoms. The zero-order chi connectivity index (χ0) is 22.8. The van der Waals surface area contributed by atoms with Crippen molar-refractivity contribution in [2.75, 3.05) is 20.3 Å². The van der Waals surface area contributed by atoms with E-state index in [9.17, 15) is 9.59 Å². The topological polar surface area (TPSA) is 67.9 Å². The molecule has 168 valence electrons. The first kappa shape index (κ1) is 24.5. The maximum Gasteiger partial charge on any atom is 0.261 e. The molecule has 0 radical (unpaired) electrons. The second-order valence-corrected chi connectivity index (χ2v) is 8.12. The minimum absolute atomic E-state index is 0.168. The second kappa shape index (κ2) is 12.2. The Morgan fingerprint density at radius 2 is 1.81 bits per heavy atom. The number of benzene rings is 2. The van der Waals surface area contributed by atoms with Gasteiger partial charge in [0, 0.05) is 18.1 Å². The molecule has 0 saturated heterocycles. The van der Waals surface area contributed by atoms with E-state index >= 15 is 0 Å². The van der Waals surface area contributed by atoms with Crippen LogP contribution in [0.15, 0.2) is 48.5 Å². The Bertz CT molecular complexity index is 855. The van der Waals surface area contributed by atoms with Gasteiger partial charge < -0.3 is 19.7 Å². The molecule has 0 fully saturated rings. The van der Waals surface area contributed by atoms with Crippen molar-refractivity contribution in [2.45, 2.75) is 39.8 Å². The van der Waals surface area contributed by atoms with Crippen LogP contribution < -0.4 is 14.8 Å². The molecule has 2 aromatic rings. The number of hydrogen-bond acceptors (Lipinski definition) is 4. The number of nitrogens with one attached hydrogen (secondary N) is 1. The Balaban J connectivity index is 2.20. The van der Waals surface area contributed by atoms with Crippen LogP contribution in [0.3, 0.4) is 0 Å². The van der Waals surface area contributed by atoms with Crippen LogP contribution in [0.1, 0.15) is 32.8 Å². The highest BCUT2D eigenvalue weighted by molar-refractivity contribution is 6.30. The van der Waals surface area contributed by atoms with Crippen LogP contribution in [-0.2, 0) is 16.1 Å². The smallest absolute Gasteiger partial charge is 0.261 e. The van der Waals surface area contributed by atoms with Crippen molar-refractivity contribution in [3.05, 3.63) is 59.1 Å². The van der Waals surface area contributed by atoms with Crippen LogP contribution in [0.25, 0.3) is 0 Å². The predicted octanol–water partition coefficient (Wildman–Crippen LogP) is 4.31. The van der Waals surface area contributed by atoms with Crippen molar-refractivity contribution >= 4 is 23.4 Å². The van der Waals surface area contributed by atoms with E-state index in [4.69, 9.17) is 21.1 Å². The molecule has 0 saturated carbocycles. The Hall–Kier alpha value is -2.73. The lowest BCUT2D eigenvalue weighted by Crippen LogP contribution is -2.50. The molecule has 0 aliphatic rings. The molecule has 7 heteroatoms. The molecular weight excluding hydrogens is 416 g/mol. The SMILES string of the molecule is CC[C@H](C(=O)NCC(C)C)N(Cc1cccc(OC)c1)C(=O)COc1ccc(Cl)cc1. The van der Waals surface area contributed by atoms with Crippen LogP contribution in [0.4, 0.5) is 0 Å². The molecular formula is C24H31ClN2O4. The lowest BCUT2D eigenvalue weighted by atomic mass is 10.1. The van der Waals surface area contributed by atoms with Gasteiger partial charge in [-0.15, -0.1) is 0 Å².